The molecule has 0 heterocycles. The number of carbonyl (C=O) groups excluding carboxylic acids is 2. The highest BCUT2D eigenvalue weighted by atomic mass is 16.5. The van der Waals surface area contributed by atoms with Crippen molar-refractivity contribution in [2.45, 2.75) is 315 Å². The number of rotatable bonds is 53. The molecule has 0 spiro atoms. The van der Waals surface area contributed by atoms with E-state index in [1.807, 2.05) is 0 Å². The maximum atomic E-state index is 12.5. The van der Waals surface area contributed by atoms with Crippen LogP contribution in [0.5, 0.6) is 0 Å². The summed E-state index contributed by atoms with van der Waals surface area (Å²) in [5.74, 6) is -0.0632. The molecule has 0 aliphatic heterocycles. The van der Waals surface area contributed by atoms with Crippen molar-refractivity contribution in [1.29, 1.82) is 0 Å². The Morgan fingerprint density at radius 3 is 1.25 bits per heavy atom. The third-order valence-corrected chi connectivity index (χ3v) is 13.1. The summed E-state index contributed by atoms with van der Waals surface area (Å²) in [6, 6.07) is -0.551. The minimum absolute atomic E-state index is 0.0172. The van der Waals surface area contributed by atoms with Crippen LogP contribution < -0.4 is 5.32 Å². The van der Waals surface area contributed by atoms with Crippen molar-refractivity contribution in [2.24, 2.45) is 0 Å². The summed E-state index contributed by atoms with van der Waals surface area (Å²) in [7, 11) is 0. The average Bonchev–Trinajstić information content (AvgIpc) is 3.31. The SMILES string of the molecule is CCC/C=C\C/C=C\CCCCCCCC(=O)OCCCCCCCC/C=C\CCCCCCCCCC(=O)NC(CO)C(O)CCCCCCCCCCCCCCCCCCCC. The Morgan fingerprint density at radius 1 is 0.431 bits per heavy atom. The Labute approximate surface area is 404 Å². The summed E-state index contributed by atoms with van der Waals surface area (Å²) in [5, 5.41) is 23.3. The largest absolute Gasteiger partial charge is 0.466 e. The van der Waals surface area contributed by atoms with Crippen molar-refractivity contribution in [3.8, 4) is 0 Å². The number of ether oxygens (including phenoxy) is 1. The average molecular weight is 915 g/mol. The van der Waals surface area contributed by atoms with Gasteiger partial charge in [0, 0.05) is 12.8 Å². The number of aliphatic hydroxyl groups is 2. The Bertz CT molecular complexity index is 1060. The number of nitrogens with one attached hydrogen (secondary N) is 1. The molecule has 2 unspecified atom stereocenters. The van der Waals surface area contributed by atoms with E-state index in [1.54, 1.807) is 0 Å². The molecule has 6 heteroatoms. The van der Waals surface area contributed by atoms with Gasteiger partial charge < -0.3 is 20.3 Å². The maximum absolute atomic E-state index is 12.5. The maximum Gasteiger partial charge on any atom is 0.305 e. The van der Waals surface area contributed by atoms with E-state index in [9.17, 15) is 19.8 Å². The molecule has 0 aromatic rings. The lowest BCUT2D eigenvalue weighted by Gasteiger charge is -2.22. The molecule has 0 bridgehead atoms. The van der Waals surface area contributed by atoms with Gasteiger partial charge in [-0.25, -0.2) is 0 Å². The molecule has 0 saturated heterocycles. The van der Waals surface area contributed by atoms with E-state index in [0.717, 1.165) is 64.2 Å². The predicted octanol–water partition coefficient (Wildman–Crippen LogP) is 17.6. The quantitative estimate of drug-likeness (QED) is 0.0321. The molecule has 0 saturated carbocycles. The van der Waals surface area contributed by atoms with E-state index < -0.39 is 12.1 Å². The van der Waals surface area contributed by atoms with Gasteiger partial charge >= 0.3 is 5.97 Å². The number of hydrogen-bond acceptors (Lipinski definition) is 5. The second-order valence-electron chi connectivity index (χ2n) is 19.6. The van der Waals surface area contributed by atoms with Gasteiger partial charge in [-0.15, -0.1) is 0 Å². The summed E-state index contributed by atoms with van der Waals surface area (Å²) < 4.78 is 5.45. The molecule has 382 valence electrons. The summed E-state index contributed by atoms with van der Waals surface area (Å²) in [6.45, 7) is 4.87. The summed E-state index contributed by atoms with van der Waals surface area (Å²) in [5.41, 5.74) is 0. The first-order chi connectivity index (χ1) is 32.0. The van der Waals surface area contributed by atoms with Crippen LogP contribution in [0.3, 0.4) is 0 Å². The van der Waals surface area contributed by atoms with Crippen LogP contribution in [-0.4, -0.2) is 47.4 Å². The molecule has 0 aromatic carbocycles. The molecule has 0 aromatic heterocycles. The number of esters is 1. The lowest BCUT2D eigenvalue weighted by atomic mass is 10.0. The molecule has 0 radical (unpaired) electrons. The van der Waals surface area contributed by atoms with Gasteiger partial charge in [0.25, 0.3) is 0 Å². The first-order valence-corrected chi connectivity index (χ1v) is 28.7. The number of aliphatic hydroxyl groups excluding tert-OH is 2. The monoisotopic (exact) mass is 914 g/mol. The van der Waals surface area contributed by atoms with Gasteiger partial charge in [-0.2, -0.15) is 0 Å². The van der Waals surface area contributed by atoms with E-state index in [4.69, 9.17) is 4.74 Å². The molecule has 65 heavy (non-hydrogen) atoms. The molecule has 0 aliphatic carbocycles. The highest BCUT2D eigenvalue weighted by Crippen LogP contribution is 2.17. The van der Waals surface area contributed by atoms with Gasteiger partial charge in [0.15, 0.2) is 0 Å². The molecule has 3 N–H and O–H groups in total. The fourth-order valence-electron chi connectivity index (χ4n) is 8.73. The molecule has 0 rings (SSSR count). The Kier molecular flexibility index (Phi) is 53.1. The zero-order valence-electron chi connectivity index (χ0n) is 43.5. The number of amides is 1. The van der Waals surface area contributed by atoms with Crippen molar-refractivity contribution in [2.75, 3.05) is 13.2 Å². The smallest absolute Gasteiger partial charge is 0.305 e. The minimum Gasteiger partial charge on any atom is -0.466 e. The number of allylic oxidation sites excluding steroid dienone is 6. The van der Waals surface area contributed by atoms with Crippen LogP contribution in [0.15, 0.2) is 36.5 Å². The summed E-state index contributed by atoms with van der Waals surface area (Å²) >= 11 is 0. The van der Waals surface area contributed by atoms with Gasteiger partial charge in [-0.3, -0.25) is 9.59 Å². The van der Waals surface area contributed by atoms with Crippen LogP contribution in [-0.2, 0) is 14.3 Å². The summed E-state index contributed by atoms with van der Waals surface area (Å²) in [6.07, 6.45) is 67.0. The fourth-order valence-corrected chi connectivity index (χ4v) is 8.73. The van der Waals surface area contributed by atoms with E-state index in [-0.39, 0.29) is 18.5 Å². The highest BCUT2D eigenvalue weighted by Gasteiger charge is 2.20. The highest BCUT2D eigenvalue weighted by molar-refractivity contribution is 5.76. The molecule has 6 nitrogen and oxygen atoms in total. The van der Waals surface area contributed by atoms with E-state index in [2.05, 4.69) is 55.6 Å². The predicted molar refractivity (Wildman–Crippen MR) is 283 cm³/mol. The van der Waals surface area contributed by atoms with Crippen LogP contribution in [0, 0.1) is 0 Å². The van der Waals surface area contributed by atoms with E-state index in [0.29, 0.717) is 25.9 Å². The zero-order valence-corrected chi connectivity index (χ0v) is 43.5. The number of unbranched alkanes of at least 4 members (excludes halogenated alkanes) is 36. The van der Waals surface area contributed by atoms with Crippen LogP contribution in [0.2, 0.25) is 0 Å². The van der Waals surface area contributed by atoms with Crippen molar-refractivity contribution in [3.63, 3.8) is 0 Å². The minimum atomic E-state index is -0.673. The van der Waals surface area contributed by atoms with Crippen molar-refractivity contribution in [1.82, 2.24) is 5.32 Å². The number of carbonyl (C=O) groups is 2. The topological polar surface area (TPSA) is 95.9 Å². The Hall–Kier alpha value is -1.92. The molecule has 1 amide bonds. The van der Waals surface area contributed by atoms with Crippen LogP contribution in [0.4, 0.5) is 0 Å². The van der Waals surface area contributed by atoms with Crippen LogP contribution >= 0.6 is 0 Å². The second-order valence-corrected chi connectivity index (χ2v) is 19.6. The standard InChI is InChI=1S/C59H111NO5/c1-3-5-7-9-11-13-15-17-18-19-21-24-28-31-35-39-43-47-51-57(62)56(55-61)60-58(63)52-48-44-40-36-32-29-25-22-20-23-26-30-34-38-42-46-50-54-65-59(64)53-49-45-41-37-33-27-16-14-12-10-8-6-4-2/h8,10,14,16,20,23,56-57,61-62H,3-7,9,11-13,15,17-19,21-22,24-55H2,1-2H3,(H,60,63)/b10-8-,16-14-,23-20-. The third kappa shape index (κ3) is 51.3. The zero-order chi connectivity index (χ0) is 47.2. The third-order valence-electron chi connectivity index (χ3n) is 13.1. The molecular weight excluding hydrogens is 803 g/mol. The summed E-state index contributed by atoms with van der Waals surface area (Å²) in [4.78, 5) is 24.5. The number of hydrogen-bond donors (Lipinski definition) is 3. The van der Waals surface area contributed by atoms with Gasteiger partial charge in [0.1, 0.15) is 0 Å². The fraction of sp³-hybridized carbons (Fsp3) is 0.864. The van der Waals surface area contributed by atoms with Crippen LogP contribution in [0.1, 0.15) is 303 Å². The molecule has 0 aliphatic rings. The van der Waals surface area contributed by atoms with Crippen molar-refractivity contribution >= 4 is 11.9 Å². The molecular formula is C59H111NO5. The Morgan fingerprint density at radius 2 is 0.800 bits per heavy atom. The lowest BCUT2D eigenvalue weighted by Crippen LogP contribution is -2.45. The normalized spacial score (nSPS) is 12.9. The van der Waals surface area contributed by atoms with Crippen LogP contribution in [0.25, 0.3) is 0 Å². The molecule has 2 atom stereocenters. The van der Waals surface area contributed by atoms with Crippen molar-refractivity contribution < 1.29 is 24.5 Å². The van der Waals surface area contributed by atoms with Gasteiger partial charge in [0.2, 0.25) is 5.91 Å². The molecule has 0 fully saturated rings. The van der Waals surface area contributed by atoms with E-state index in [1.165, 1.54) is 205 Å². The lowest BCUT2D eigenvalue weighted by molar-refractivity contribution is -0.143. The van der Waals surface area contributed by atoms with Gasteiger partial charge in [-0.05, 0) is 77.0 Å². The van der Waals surface area contributed by atoms with Crippen molar-refractivity contribution in [3.05, 3.63) is 36.5 Å². The van der Waals surface area contributed by atoms with Gasteiger partial charge in [-0.1, -0.05) is 249 Å². The van der Waals surface area contributed by atoms with Gasteiger partial charge in [0.05, 0.1) is 25.4 Å². The first kappa shape index (κ1) is 63.1. The van der Waals surface area contributed by atoms with E-state index >= 15 is 0 Å². The Balaban J connectivity index is 3.47. The first-order valence-electron chi connectivity index (χ1n) is 28.7. The second kappa shape index (κ2) is 54.7.